The number of nitrogens with zero attached hydrogens (tertiary/aromatic N) is 6. The van der Waals surface area contributed by atoms with Gasteiger partial charge in [-0.3, -0.25) is 4.55 Å². The van der Waals surface area contributed by atoms with Crippen molar-refractivity contribution < 1.29 is 22.8 Å². The zero-order chi connectivity index (χ0) is 37.0. The van der Waals surface area contributed by atoms with E-state index in [1.807, 2.05) is 94.4 Å². The fourth-order valence-electron chi connectivity index (χ4n) is 5.63. The van der Waals surface area contributed by atoms with Crippen molar-refractivity contribution in [2.24, 2.45) is 36.6 Å². The van der Waals surface area contributed by atoms with Crippen LogP contribution in [0.2, 0.25) is 0 Å². The van der Waals surface area contributed by atoms with Crippen molar-refractivity contribution in [1.82, 2.24) is 0 Å². The van der Waals surface area contributed by atoms with Crippen LogP contribution in [0.25, 0.3) is 10.8 Å². The highest BCUT2D eigenvalue weighted by Gasteiger charge is 2.21. The lowest BCUT2D eigenvalue weighted by atomic mass is 9.92. The highest BCUT2D eigenvalue weighted by molar-refractivity contribution is 7.86. The van der Waals surface area contributed by atoms with Crippen molar-refractivity contribution in [3.8, 4) is 11.5 Å². The van der Waals surface area contributed by atoms with E-state index in [1.165, 1.54) is 18.2 Å². The Morgan fingerprint density at radius 2 is 1.37 bits per heavy atom. The molecule has 0 bridgehead atoms. The number of phenols is 1. The molecule has 0 spiro atoms. The molecule has 2 atom stereocenters. The van der Waals surface area contributed by atoms with Gasteiger partial charge in [-0.15, -0.1) is 10.2 Å². The summed E-state index contributed by atoms with van der Waals surface area (Å²) in [4.78, 5) is -0.317. The molecule has 12 nitrogen and oxygen atoms in total. The average Bonchev–Trinajstić information content (AvgIpc) is 3.12. The minimum absolute atomic E-state index is 0.0272. The molecule has 3 N–H and O–H groups in total. The van der Waals surface area contributed by atoms with Crippen LogP contribution in [0, 0.1) is 19.8 Å². The molecule has 0 aromatic heterocycles. The number of fused-ring (bicyclic) bond motifs is 1. The molecule has 1 aliphatic carbocycles. The first-order chi connectivity index (χ1) is 24.9. The molecule has 1 aliphatic rings. The third-order valence-electron chi connectivity index (χ3n) is 8.62. The van der Waals surface area contributed by atoms with E-state index in [0.717, 1.165) is 39.2 Å². The van der Waals surface area contributed by atoms with Crippen molar-refractivity contribution in [3.63, 3.8) is 0 Å². The van der Waals surface area contributed by atoms with E-state index in [-0.39, 0.29) is 28.3 Å². The van der Waals surface area contributed by atoms with E-state index in [2.05, 4.69) is 36.0 Å². The van der Waals surface area contributed by atoms with E-state index in [0.29, 0.717) is 28.1 Å². The summed E-state index contributed by atoms with van der Waals surface area (Å²) < 4.78 is 38.1. The summed E-state index contributed by atoms with van der Waals surface area (Å²) in [5.41, 5.74) is 6.54. The standard InChI is InChI=1S/C39H37N7O5S/c1-23-20-36(25(3)18-34(23)43-41-32-8-6-7-9-38(32)52(48,49)50)45-46-37-21-24(2)35(19-26(37)4)44-42-33-17-10-27-22-29(13-16-31(27)39(33)47)40-28-11-14-30(51-5)15-12-28/h6-22,26,37,40,47H,1-5H3,(H,48,49,50). The predicted octanol–water partition coefficient (Wildman–Crippen LogP) is 11.3. The van der Waals surface area contributed by atoms with Crippen LogP contribution in [-0.2, 0) is 10.1 Å². The number of rotatable bonds is 10. The Kier molecular flexibility index (Phi) is 10.4. The number of aryl methyl sites for hydroxylation is 2. The Balaban J connectivity index is 1.13. The first-order valence-electron chi connectivity index (χ1n) is 16.4. The second kappa shape index (κ2) is 15.1. The third-order valence-corrected chi connectivity index (χ3v) is 9.52. The lowest BCUT2D eigenvalue weighted by Gasteiger charge is -2.19. The van der Waals surface area contributed by atoms with Gasteiger partial charge < -0.3 is 15.2 Å². The Morgan fingerprint density at radius 1 is 0.712 bits per heavy atom. The van der Waals surface area contributed by atoms with Gasteiger partial charge in [0.2, 0.25) is 0 Å². The number of allylic oxidation sites excluding steroid dienone is 1. The van der Waals surface area contributed by atoms with Gasteiger partial charge >= 0.3 is 0 Å². The number of hydrogen-bond acceptors (Lipinski definition) is 11. The lowest BCUT2D eigenvalue weighted by molar-refractivity contribution is 0.415. The van der Waals surface area contributed by atoms with E-state index in [1.54, 1.807) is 25.3 Å². The Morgan fingerprint density at radius 3 is 2.08 bits per heavy atom. The summed E-state index contributed by atoms with van der Waals surface area (Å²) in [5.74, 6) is 0.806. The van der Waals surface area contributed by atoms with Gasteiger partial charge in [-0.25, -0.2) is 0 Å². The van der Waals surface area contributed by atoms with Gasteiger partial charge in [-0.2, -0.15) is 28.9 Å². The molecule has 0 heterocycles. The fourth-order valence-corrected chi connectivity index (χ4v) is 6.25. The minimum Gasteiger partial charge on any atom is -0.505 e. The molecule has 5 aromatic carbocycles. The summed E-state index contributed by atoms with van der Waals surface area (Å²) >= 11 is 0. The number of aromatic hydroxyl groups is 1. The largest absolute Gasteiger partial charge is 0.505 e. The highest BCUT2D eigenvalue weighted by Crippen LogP contribution is 2.38. The topological polar surface area (TPSA) is 170 Å². The highest BCUT2D eigenvalue weighted by atomic mass is 32.2. The van der Waals surface area contributed by atoms with Crippen molar-refractivity contribution in [1.29, 1.82) is 0 Å². The summed E-state index contributed by atoms with van der Waals surface area (Å²) in [6, 6.07) is 26.3. The maximum atomic E-state index is 11.7. The Labute approximate surface area is 301 Å². The molecule has 0 aliphatic heterocycles. The number of ether oxygens (including phenoxy) is 1. The van der Waals surface area contributed by atoms with Crippen LogP contribution in [0.1, 0.15) is 25.0 Å². The quantitative estimate of drug-likeness (QED) is 0.0959. The molecule has 0 fully saturated rings. The van der Waals surface area contributed by atoms with Gasteiger partial charge in [0.15, 0.2) is 5.75 Å². The van der Waals surface area contributed by atoms with Crippen LogP contribution in [-0.4, -0.2) is 31.2 Å². The predicted molar refractivity (Wildman–Crippen MR) is 202 cm³/mol. The number of nitrogens with one attached hydrogen (secondary N) is 1. The second-order valence-electron chi connectivity index (χ2n) is 12.5. The van der Waals surface area contributed by atoms with Crippen LogP contribution >= 0.6 is 0 Å². The van der Waals surface area contributed by atoms with Crippen LogP contribution in [0.5, 0.6) is 11.5 Å². The number of hydrogen-bond donors (Lipinski definition) is 3. The number of azo groups is 3. The summed E-state index contributed by atoms with van der Waals surface area (Å²) in [5, 5.41) is 42.3. The Hall–Kier alpha value is -6.05. The van der Waals surface area contributed by atoms with Crippen LogP contribution in [0.4, 0.5) is 34.1 Å². The summed E-state index contributed by atoms with van der Waals surface area (Å²) in [7, 11) is -2.81. The first-order valence-corrected chi connectivity index (χ1v) is 17.8. The van der Waals surface area contributed by atoms with Crippen molar-refractivity contribution in [2.75, 3.05) is 12.4 Å². The molecule has 0 saturated carbocycles. The maximum Gasteiger partial charge on any atom is 0.296 e. The van der Waals surface area contributed by atoms with Crippen LogP contribution in [0.15, 0.2) is 150 Å². The van der Waals surface area contributed by atoms with Gasteiger partial charge in [0.25, 0.3) is 10.1 Å². The molecular weight excluding hydrogens is 679 g/mol. The van der Waals surface area contributed by atoms with Gasteiger partial charge in [-0.05, 0) is 116 Å². The SMILES string of the molecule is COc1ccc(Nc2ccc3c(O)c(N=NC4=CC(C)C(N=Nc5cc(C)c(N=Nc6ccccc6S(=O)(=O)O)cc5C)C=C4C)ccc3c2)cc1. The van der Waals surface area contributed by atoms with Crippen LogP contribution < -0.4 is 10.1 Å². The first kappa shape index (κ1) is 35.8. The summed E-state index contributed by atoms with van der Waals surface area (Å²) in [6.07, 6.45) is 3.99. The van der Waals surface area contributed by atoms with Gasteiger partial charge in [0, 0.05) is 22.7 Å². The molecule has 52 heavy (non-hydrogen) atoms. The molecule has 6 rings (SSSR count). The monoisotopic (exact) mass is 715 g/mol. The van der Waals surface area contributed by atoms with E-state index >= 15 is 0 Å². The van der Waals surface area contributed by atoms with Crippen molar-refractivity contribution >= 4 is 55.0 Å². The zero-order valence-corrected chi connectivity index (χ0v) is 30.0. The number of benzene rings is 5. The molecular formula is C39H37N7O5S. The van der Waals surface area contributed by atoms with Crippen molar-refractivity contribution in [2.45, 2.75) is 38.6 Å². The zero-order valence-electron chi connectivity index (χ0n) is 29.2. The average molecular weight is 716 g/mol. The molecule has 2 unspecified atom stereocenters. The van der Waals surface area contributed by atoms with Crippen molar-refractivity contribution in [3.05, 3.63) is 126 Å². The number of methoxy groups -OCH3 is 1. The van der Waals surface area contributed by atoms with Gasteiger partial charge in [0.1, 0.15) is 22.0 Å². The molecule has 0 radical (unpaired) electrons. The molecule has 0 amide bonds. The van der Waals surface area contributed by atoms with Gasteiger partial charge in [-0.1, -0.05) is 37.3 Å². The Bertz CT molecular complexity index is 2420. The smallest absolute Gasteiger partial charge is 0.296 e. The summed E-state index contributed by atoms with van der Waals surface area (Å²) in [6.45, 7) is 7.69. The van der Waals surface area contributed by atoms with Gasteiger partial charge in [0.05, 0.1) is 30.2 Å². The number of anilines is 2. The van der Waals surface area contributed by atoms with E-state index in [4.69, 9.17) is 4.74 Å². The maximum absolute atomic E-state index is 11.7. The molecule has 264 valence electrons. The second-order valence-corrected chi connectivity index (χ2v) is 13.8. The molecule has 13 heteroatoms. The van der Waals surface area contributed by atoms with E-state index in [9.17, 15) is 18.1 Å². The molecule has 5 aromatic rings. The minimum atomic E-state index is -4.44. The lowest BCUT2D eigenvalue weighted by Crippen LogP contribution is -2.15. The van der Waals surface area contributed by atoms with E-state index < -0.39 is 10.1 Å². The van der Waals surface area contributed by atoms with Crippen LogP contribution in [0.3, 0.4) is 0 Å². The molecule has 0 saturated heterocycles. The number of phenolic OH excluding ortho intramolecular Hbond substituents is 1. The fraction of sp³-hybridized carbons (Fsp3) is 0.179. The third kappa shape index (κ3) is 8.12. The normalized spacial score (nSPS) is 16.5.